The summed E-state index contributed by atoms with van der Waals surface area (Å²) in [4.78, 5) is 19.3. The number of aryl methyl sites for hydroxylation is 1. The molecule has 1 aliphatic heterocycles. The van der Waals surface area contributed by atoms with Gasteiger partial charge in [-0.15, -0.1) is 0 Å². The Labute approximate surface area is 195 Å². The van der Waals surface area contributed by atoms with Gasteiger partial charge in [-0.2, -0.15) is 4.98 Å². The standard InChI is InChI=1S/C26H32N4O3/c1-18(2)19-4-6-20(7-5-19)26-28-25(33-29-26)13-12-24(31)27-21-14-16-30(17-15-21)22-8-10-23(32-3)11-9-22/h4-11,18,21H,12-17H2,1-3H3,(H,27,31). The number of ether oxygens (including phenoxy) is 1. The predicted molar refractivity (Wildman–Crippen MR) is 129 cm³/mol. The number of carbonyl (C=O) groups is 1. The molecule has 0 bridgehead atoms. The number of methoxy groups -OCH3 is 1. The minimum atomic E-state index is 0.0268. The highest BCUT2D eigenvalue weighted by atomic mass is 16.5. The first-order valence-electron chi connectivity index (χ1n) is 11.6. The zero-order chi connectivity index (χ0) is 23.2. The zero-order valence-corrected chi connectivity index (χ0v) is 19.6. The normalized spacial score (nSPS) is 14.5. The molecule has 174 valence electrons. The van der Waals surface area contributed by atoms with Crippen LogP contribution in [0.25, 0.3) is 11.4 Å². The molecule has 0 spiro atoms. The van der Waals surface area contributed by atoms with Gasteiger partial charge in [0.1, 0.15) is 5.75 Å². The number of carbonyl (C=O) groups excluding carboxylic acids is 1. The number of nitrogens with one attached hydrogen (secondary N) is 1. The van der Waals surface area contributed by atoms with Crippen LogP contribution in [0.5, 0.6) is 5.75 Å². The predicted octanol–water partition coefficient (Wildman–Crippen LogP) is 4.59. The molecule has 1 aliphatic rings. The van der Waals surface area contributed by atoms with E-state index in [4.69, 9.17) is 9.26 Å². The number of anilines is 1. The van der Waals surface area contributed by atoms with Gasteiger partial charge in [-0.25, -0.2) is 0 Å². The summed E-state index contributed by atoms with van der Waals surface area (Å²) >= 11 is 0. The molecule has 4 rings (SSSR count). The number of benzene rings is 2. The highest BCUT2D eigenvalue weighted by molar-refractivity contribution is 5.76. The van der Waals surface area contributed by atoms with Gasteiger partial charge in [-0.3, -0.25) is 4.79 Å². The number of rotatable bonds is 8. The average Bonchev–Trinajstić information content (AvgIpc) is 3.32. The van der Waals surface area contributed by atoms with E-state index in [1.807, 2.05) is 24.3 Å². The average molecular weight is 449 g/mol. The first-order valence-corrected chi connectivity index (χ1v) is 11.6. The third kappa shape index (κ3) is 5.92. The molecule has 2 heterocycles. The molecule has 0 atom stereocenters. The maximum Gasteiger partial charge on any atom is 0.227 e. The summed E-state index contributed by atoms with van der Waals surface area (Å²) in [6.07, 6.45) is 2.63. The second kappa shape index (κ2) is 10.5. The van der Waals surface area contributed by atoms with Crippen LogP contribution in [-0.2, 0) is 11.2 Å². The largest absolute Gasteiger partial charge is 0.497 e. The van der Waals surface area contributed by atoms with Crippen LogP contribution in [0.4, 0.5) is 5.69 Å². The van der Waals surface area contributed by atoms with Crippen LogP contribution in [0.2, 0.25) is 0 Å². The zero-order valence-electron chi connectivity index (χ0n) is 19.6. The smallest absolute Gasteiger partial charge is 0.227 e. The van der Waals surface area contributed by atoms with E-state index >= 15 is 0 Å². The van der Waals surface area contributed by atoms with Gasteiger partial charge in [-0.05, 0) is 48.6 Å². The lowest BCUT2D eigenvalue weighted by Crippen LogP contribution is -2.44. The van der Waals surface area contributed by atoms with Crippen molar-refractivity contribution >= 4 is 11.6 Å². The molecule has 0 saturated carbocycles. The van der Waals surface area contributed by atoms with Gasteiger partial charge < -0.3 is 19.5 Å². The molecule has 2 aromatic carbocycles. The van der Waals surface area contributed by atoms with Crippen LogP contribution in [0.1, 0.15) is 50.5 Å². The van der Waals surface area contributed by atoms with Crippen LogP contribution < -0.4 is 15.0 Å². The van der Waals surface area contributed by atoms with Crippen LogP contribution in [0, 0.1) is 0 Å². The van der Waals surface area contributed by atoms with Crippen molar-refractivity contribution in [1.82, 2.24) is 15.5 Å². The fourth-order valence-electron chi connectivity index (χ4n) is 4.09. The molecule has 0 aliphatic carbocycles. The van der Waals surface area contributed by atoms with E-state index in [0.717, 1.165) is 37.2 Å². The Kier molecular flexibility index (Phi) is 7.27. The molecule has 1 N–H and O–H groups in total. The Morgan fingerprint density at radius 2 is 1.82 bits per heavy atom. The summed E-state index contributed by atoms with van der Waals surface area (Å²) in [5, 5.41) is 7.23. The second-order valence-corrected chi connectivity index (χ2v) is 8.82. The van der Waals surface area contributed by atoms with Gasteiger partial charge >= 0.3 is 0 Å². The lowest BCUT2D eigenvalue weighted by molar-refractivity contribution is -0.122. The topological polar surface area (TPSA) is 80.5 Å². The number of aromatic nitrogens is 2. The number of nitrogens with zero attached hydrogens (tertiary/aromatic N) is 3. The molecule has 1 amide bonds. The van der Waals surface area contributed by atoms with Gasteiger partial charge in [0.25, 0.3) is 0 Å². The number of hydrogen-bond donors (Lipinski definition) is 1. The minimum Gasteiger partial charge on any atom is -0.497 e. The van der Waals surface area contributed by atoms with Crippen molar-refractivity contribution in [3.8, 4) is 17.1 Å². The molecule has 33 heavy (non-hydrogen) atoms. The van der Waals surface area contributed by atoms with Crippen molar-refractivity contribution in [2.24, 2.45) is 0 Å². The Bertz CT molecular complexity index is 1040. The Morgan fingerprint density at radius 1 is 1.12 bits per heavy atom. The van der Waals surface area contributed by atoms with Gasteiger partial charge in [0.05, 0.1) is 7.11 Å². The van der Waals surface area contributed by atoms with E-state index in [1.54, 1.807) is 7.11 Å². The number of piperidine rings is 1. The third-order valence-corrected chi connectivity index (χ3v) is 6.17. The van der Waals surface area contributed by atoms with E-state index in [-0.39, 0.29) is 11.9 Å². The summed E-state index contributed by atoms with van der Waals surface area (Å²) in [6.45, 7) is 6.16. The van der Waals surface area contributed by atoms with E-state index in [2.05, 4.69) is 58.5 Å². The maximum absolute atomic E-state index is 12.5. The molecule has 0 unspecified atom stereocenters. The summed E-state index contributed by atoms with van der Waals surface area (Å²) in [5.41, 5.74) is 3.38. The third-order valence-electron chi connectivity index (χ3n) is 6.17. The minimum absolute atomic E-state index is 0.0268. The monoisotopic (exact) mass is 448 g/mol. The first-order chi connectivity index (χ1) is 16.0. The van der Waals surface area contributed by atoms with Gasteiger partial charge in [0.2, 0.25) is 17.6 Å². The fraction of sp³-hybridized carbons (Fsp3) is 0.423. The van der Waals surface area contributed by atoms with Crippen molar-refractivity contribution in [3.05, 3.63) is 60.0 Å². The van der Waals surface area contributed by atoms with Crippen LogP contribution >= 0.6 is 0 Å². The molecule has 1 saturated heterocycles. The number of amides is 1. The summed E-state index contributed by atoms with van der Waals surface area (Å²) < 4.78 is 10.6. The quantitative estimate of drug-likeness (QED) is 0.543. The van der Waals surface area contributed by atoms with Crippen molar-refractivity contribution < 1.29 is 14.1 Å². The van der Waals surface area contributed by atoms with Gasteiger partial charge in [0, 0.05) is 43.2 Å². The highest BCUT2D eigenvalue weighted by Gasteiger charge is 2.21. The summed E-state index contributed by atoms with van der Waals surface area (Å²) in [5.74, 6) is 2.42. The molecular formula is C26H32N4O3. The second-order valence-electron chi connectivity index (χ2n) is 8.82. The molecule has 7 heteroatoms. The van der Waals surface area contributed by atoms with Crippen LogP contribution in [-0.4, -0.2) is 42.3 Å². The van der Waals surface area contributed by atoms with Crippen LogP contribution in [0.15, 0.2) is 53.1 Å². The molecule has 3 aromatic rings. The van der Waals surface area contributed by atoms with E-state index in [9.17, 15) is 4.79 Å². The Hall–Kier alpha value is -3.35. The van der Waals surface area contributed by atoms with Gasteiger partial charge in [0.15, 0.2) is 0 Å². The molecular weight excluding hydrogens is 416 g/mol. The van der Waals surface area contributed by atoms with Crippen LogP contribution in [0.3, 0.4) is 0 Å². The number of hydrogen-bond acceptors (Lipinski definition) is 6. The molecule has 7 nitrogen and oxygen atoms in total. The Morgan fingerprint density at radius 3 is 2.45 bits per heavy atom. The Balaban J connectivity index is 1.21. The van der Waals surface area contributed by atoms with Crippen molar-refractivity contribution in [2.45, 2.75) is 51.5 Å². The summed E-state index contributed by atoms with van der Waals surface area (Å²) in [7, 11) is 1.67. The lowest BCUT2D eigenvalue weighted by atomic mass is 10.0. The fourth-order valence-corrected chi connectivity index (χ4v) is 4.09. The molecule has 1 fully saturated rings. The lowest BCUT2D eigenvalue weighted by Gasteiger charge is -2.34. The van der Waals surface area contributed by atoms with Gasteiger partial charge in [-0.1, -0.05) is 43.3 Å². The van der Waals surface area contributed by atoms with Crippen molar-refractivity contribution in [1.29, 1.82) is 0 Å². The van der Waals surface area contributed by atoms with E-state index < -0.39 is 0 Å². The first kappa shape index (κ1) is 22.8. The van der Waals surface area contributed by atoms with Crippen molar-refractivity contribution in [3.63, 3.8) is 0 Å². The SMILES string of the molecule is COc1ccc(N2CCC(NC(=O)CCc3nc(-c4ccc(C(C)C)cc4)no3)CC2)cc1. The highest BCUT2D eigenvalue weighted by Crippen LogP contribution is 2.23. The van der Waals surface area contributed by atoms with Crippen molar-refractivity contribution in [2.75, 3.05) is 25.1 Å². The van der Waals surface area contributed by atoms with E-state index in [1.165, 1.54) is 11.3 Å². The molecule has 1 aromatic heterocycles. The molecule has 0 radical (unpaired) electrons. The maximum atomic E-state index is 12.5. The summed E-state index contributed by atoms with van der Waals surface area (Å²) in [6, 6.07) is 16.5. The van der Waals surface area contributed by atoms with E-state index in [0.29, 0.717) is 30.5 Å².